The summed E-state index contributed by atoms with van der Waals surface area (Å²) in [6, 6.07) is 4.80. The molecule has 100 valence electrons. The SMILES string of the molecule is CC(=O)NCCNS(=O)(=O)c1ccc(Br)cc1Br. The number of hydrogen-bond donors (Lipinski definition) is 2. The Balaban J connectivity index is 2.71. The summed E-state index contributed by atoms with van der Waals surface area (Å²) in [5.74, 6) is -0.195. The molecule has 0 aliphatic carbocycles. The highest BCUT2D eigenvalue weighted by Gasteiger charge is 2.16. The van der Waals surface area contributed by atoms with Crippen LogP contribution in [0, 0.1) is 0 Å². The highest BCUT2D eigenvalue weighted by atomic mass is 79.9. The number of sulfonamides is 1. The first-order chi connectivity index (χ1) is 8.33. The van der Waals surface area contributed by atoms with Crippen molar-refractivity contribution in [2.75, 3.05) is 13.1 Å². The fraction of sp³-hybridized carbons (Fsp3) is 0.300. The molecule has 1 aromatic rings. The quantitative estimate of drug-likeness (QED) is 0.738. The molecule has 5 nitrogen and oxygen atoms in total. The number of nitrogens with one attached hydrogen (secondary N) is 2. The maximum absolute atomic E-state index is 11.9. The second kappa shape index (κ2) is 6.65. The van der Waals surface area contributed by atoms with Gasteiger partial charge in [-0.15, -0.1) is 0 Å². The number of carbonyl (C=O) groups is 1. The van der Waals surface area contributed by atoms with Crippen LogP contribution >= 0.6 is 31.9 Å². The lowest BCUT2D eigenvalue weighted by molar-refractivity contribution is -0.118. The minimum atomic E-state index is -3.57. The van der Waals surface area contributed by atoms with Crippen LogP contribution < -0.4 is 10.0 Å². The average Bonchev–Trinajstić information content (AvgIpc) is 2.23. The maximum Gasteiger partial charge on any atom is 0.241 e. The van der Waals surface area contributed by atoms with E-state index in [1.54, 1.807) is 12.1 Å². The number of hydrogen-bond acceptors (Lipinski definition) is 3. The predicted molar refractivity (Wildman–Crippen MR) is 75.7 cm³/mol. The predicted octanol–water partition coefficient (Wildman–Crippen LogP) is 1.63. The van der Waals surface area contributed by atoms with Gasteiger partial charge in [0, 0.05) is 29.0 Å². The van der Waals surface area contributed by atoms with Crippen LogP contribution in [-0.2, 0) is 14.8 Å². The lowest BCUT2D eigenvalue weighted by Crippen LogP contribution is -2.33. The van der Waals surface area contributed by atoms with E-state index in [9.17, 15) is 13.2 Å². The Bertz CT molecular complexity index is 546. The van der Waals surface area contributed by atoms with Crippen LogP contribution in [0.1, 0.15) is 6.92 Å². The van der Waals surface area contributed by atoms with Crippen molar-refractivity contribution in [3.8, 4) is 0 Å². The summed E-state index contributed by atoms with van der Waals surface area (Å²) >= 11 is 6.45. The number of carbonyl (C=O) groups excluding carboxylic acids is 1. The molecule has 1 aromatic carbocycles. The molecule has 0 aliphatic rings. The summed E-state index contributed by atoms with van der Waals surface area (Å²) in [5, 5.41) is 2.51. The van der Waals surface area contributed by atoms with Gasteiger partial charge >= 0.3 is 0 Å². The van der Waals surface area contributed by atoms with Crippen LogP contribution in [0.5, 0.6) is 0 Å². The van der Waals surface area contributed by atoms with Crippen molar-refractivity contribution in [2.24, 2.45) is 0 Å². The van der Waals surface area contributed by atoms with Gasteiger partial charge in [-0.1, -0.05) is 15.9 Å². The van der Waals surface area contributed by atoms with E-state index in [2.05, 4.69) is 41.9 Å². The third-order valence-corrected chi connectivity index (χ3v) is 4.91. The van der Waals surface area contributed by atoms with Crippen molar-refractivity contribution in [3.63, 3.8) is 0 Å². The van der Waals surface area contributed by atoms with E-state index in [0.717, 1.165) is 4.47 Å². The van der Waals surface area contributed by atoms with Crippen molar-refractivity contribution < 1.29 is 13.2 Å². The number of halogens is 2. The zero-order chi connectivity index (χ0) is 13.8. The fourth-order valence-corrected chi connectivity index (χ4v) is 3.97. The van der Waals surface area contributed by atoms with Gasteiger partial charge < -0.3 is 5.32 Å². The number of amides is 1. The Morgan fingerprint density at radius 1 is 1.28 bits per heavy atom. The van der Waals surface area contributed by atoms with Gasteiger partial charge in [-0.25, -0.2) is 13.1 Å². The lowest BCUT2D eigenvalue weighted by atomic mass is 10.4. The smallest absolute Gasteiger partial charge is 0.241 e. The lowest BCUT2D eigenvalue weighted by Gasteiger charge is -2.09. The first-order valence-electron chi connectivity index (χ1n) is 5.02. The molecule has 0 aliphatic heterocycles. The summed E-state index contributed by atoms with van der Waals surface area (Å²) < 4.78 is 27.5. The van der Waals surface area contributed by atoms with Crippen LogP contribution in [-0.4, -0.2) is 27.4 Å². The van der Waals surface area contributed by atoms with Crippen molar-refractivity contribution in [1.29, 1.82) is 0 Å². The highest BCUT2D eigenvalue weighted by molar-refractivity contribution is 9.11. The van der Waals surface area contributed by atoms with Gasteiger partial charge in [-0.3, -0.25) is 4.79 Å². The van der Waals surface area contributed by atoms with Crippen molar-refractivity contribution in [3.05, 3.63) is 27.1 Å². The molecule has 0 radical (unpaired) electrons. The second-order valence-corrected chi connectivity index (χ2v) is 6.96. The van der Waals surface area contributed by atoms with E-state index >= 15 is 0 Å². The number of benzene rings is 1. The molecule has 2 N–H and O–H groups in total. The van der Waals surface area contributed by atoms with E-state index in [1.807, 2.05) is 0 Å². The van der Waals surface area contributed by atoms with Gasteiger partial charge in [0.05, 0.1) is 4.90 Å². The van der Waals surface area contributed by atoms with Crippen molar-refractivity contribution in [1.82, 2.24) is 10.0 Å². The van der Waals surface area contributed by atoms with Crippen molar-refractivity contribution >= 4 is 47.8 Å². The average molecular weight is 400 g/mol. The number of rotatable bonds is 5. The summed E-state index contributed by atoms with van der Waals surface area (Å²) in [4.78, 5) is 10.8. The van der Waals surface area contributed by atoms with E-state index in [4.69, 9.17) is 0 Å². The van der Waals surface area contributed by atoms with E-state index in [0.29, 0.717) is 4.47 Å². The third-order valence-electron chi connectivity index (χ3n) is 1.97. The minimum Gasteiger partial charge on any atom is -0.355 e. The summed E-state index contributed by atoms with van der Waals surface area (Å²) in [6.45, 7) is 1.77. The molecule has 0 saturated heterocycles. The Hall–Kier alpha value is -0.440. The summed E-state index contributed by atoms with van der Waals surface area (Å²) in [7, 11) is -3.57. The Labute approximate surface area is 123 Å². The van der Waals surface area contributed by atoms with Gasteiger partial charge in [0.25, 0.3) is 0 Å². The molecule has 0 heterocycles. The minimum absolute atomic E-state index is 0.143. The van der Waals surface area contributed by atoms with Crippen molar-refractivity contribution in [2.45, 2.75) is 11.8 Å². The molecule has 0 saturated carbocycles. The van der Waals surface area contributed by atoms with Gasteiger partial charge in [-0.2, -0.15) is 0 Å². The Kier molecular flexibility index (Phi) is 5.77. The van der Waals surface area contributed by atoms with Crippen LogP contribution in [0.15, 0.2) is 32.0 Å². The topological polar surface area (TPSA) is 75.3 Å². The zero-order valence-electron chi connectivity index (χ0n) is 9.54. The highest BCUT2D eigenvalue weighted by Crippen LogP contribution is 2.25. The molecule has 0 aromatic heterocycles. The molecule has 0 unspecified atom stereocenters. The largest absolute Gasteiger partial charge is 0.355 e. The summed E-state index contributed by atoms with van der Waals surface area (Å²) in [6.07, 6.45) is 0. The summed E-state index contributed by atoms with van der Waals surface area (Å²) in [5.41, 5.74) is 0. The molecular weight excluding hydrogens is 388 g/mol. The van der Waals surface area contributed by atoms with Gasteiger partial charge in [-0.05, 0) is 34.1 Å². The van der Waals surface area contributed by atoms with Crippen LogP contribution in [0.4, 0.5) is 0 Å². The molecule has 1 rings (SSSR count). The Morgan fingerprint density at radius 3 is 2.50 bits per heavy atom. The molecule has 0 fully saturated rings. The van der Waals surface area contributed by atoms with Gasteiger partial charge in [0.1, 0.15) is 0 Å². The maximum atomic E-state index is 11.9. The van der Waals surface area contributed by atoms with Crippen LogP contribution in [0.25, 0.3) is 0 Å². The fourth-order valence-electron chi connectivity index (χ4n) is 1.19. The van der Waals surface area contributed by atoms with Gasteiger partial charge in [0.2, 0.25) is 15.9 Å². The van der Waals surface area contributed by atoms with E-state index in [1.165, 1.54) is 13.0 Å². The second-order valence-electron chi connectivity index (χ2n) is 3.46. The molecule has 18 heavy (non-hydrogen) atoms. The third kappa shape index (κ3) is 4.68. The van der Waals surface area contributed by atoms with Gasteiger partial charge in [0.15, 0.2) is 0 Å². The van der Waals surface area contributed by atoms with E-state index < -0.39 is 10.0 Å². The molecule has 1 amide bonds. The van der Waals surface area contributed by atoms with Crippen LogP contribution in [0.2, 0.25) is 0 Å². The normalized spacial score (nSPS) is 11.3. The zero-order valence-corrected chi connectivity index (χ0v) is 13.5. The first-order valence-corrected chi connectivity index (χ1v) is 8.09. The molecule has 0 bridgehead atoms. The Morgan fingerprint density at radius 2 is 1.94 bits per heavy atom. The standard InChI is InChI=1S/C10H12Br2N2O3S/c1-7(15)13-4-5-14-18(16,17)10-3-2-8(11)6-9(10)12/h2-3,6,14H,4-5H2,1H3,(H,13,15). The molecular formula is C10H12Br2N2O3S. The molecule has 0 atom stereocenters. The first kappa shape index (κ1) is 15.6. The monoisotopic (exact) mass is 398 g/mol. The molecule has 8 heteroatoms. The molecule has 0 spiro atoms. The van der Waals surface area contributed by atoms with E-state index in [-0.39, 0.29) is 23.9 Å². The van der Waals surface area contributed by atoms with Crippen LogP contribution in [0.3, 0.4) is 0 Å².